The van der Waals surface area contributed by atoms with Crippen molar-refractivity contribution in [2.45, 2.75) is 44.8 Å². The van der Waals surface area contributed by atoms with Gasteiger partial charge < -0.3 is 5.32 Å². The van der Waals surface area contributed by atoms with Crippen LogP contribution in [0.5, 0.6) is 0 Å². The van der Waals surface area contributed by atoms with Crippen molar-refractivity contribution in [3.8, 4) is 0 Å². The first-order chi connectivity index (χ1) is 8.88. The SMILES string of the molecule is CC(C)CC1NCCC1c1cccc(C(F)(F)F)c1. The number of rotatable bonds is 3. The Morgan fingerprint density at radius 1 is 1.32 bits per heavy atom. The van der Waals surface area contributed by atoms with Crippen LogP contribution in [0.1, 0.15) is 43.7 Å². The van der Waals surface area contributed by atoms with Gasteiger partial charge in [-0.25, -0.2) is 0 Å². The van der Waals surface area contributed by atoms with Crippen LogP contribution in [0.25, 0.3) is 0 Å². The molecule has 106 valence electrons. The molecule has 1 saturated heterocycles. The molecule has 1 heterocycles. The van der Waals surface area contributed by atoms with Crippen LogP contribution in [0.4, 0.5) is 13.2 Å². The molecule has 1 aromatic carbocycles. The van der Waals surface area contributed by atoms with Crippen molar-refractivity contribution in [3.05, 3.63) is 35.4 Å². The van der Waals surface area contributed by atoms with Gasteiger partial charge in [0.1, 0.15) is 0 Å². The highest BCUT2D eigenvalue weighted by atomic mass is 19.4. The highest BCUT2D eigenvalue weighted by Crippen LogP contribution is 2.35. The minimum Gasteiger partial charge on any atom is -0.313 e. The zero-order chi connectivity index (χ0) is 14.0. The lowest BCUT2D eigenvalue weighted by atomic mass is 9.87. The van der Waals surface area contributed by atoms with Crippen molar-refractivity contribution in [2.24, 2.45) is 5.92 Å². The summed E-state index contributed by atoms with van der Waals surface area (Å²) in [5.74, 6) is 0.744. The second-order valence-corrected chi connectivity index (χ2v) is 5.71. The van der Waals surface area contributed by atoms with E-state index in [1.165, 1.54) is 12.1 Å². The lowest BCUT2D eigenvalue weighted by Gasteiger charge is -2.22. The van der Waals surface area contributed by atoms with Crippen molar-refractivity contribution >= 4 is 0 Å². The van der Waals surface area contributed by atoms with Gasteiger partial charge in [0.2, 0.25) is 0 Å². The highest BCUT2D eigenvalue weighted by Gasteiger charge is 2.33. The molecule has 1 N–H and O–H groups in total. The van der Waals surface area contributed by atoms with Gasteiger partial charge in [-0.05, 0) is 36.9 Å². The average molecular weight is 271 g/mol. The van der Waals surface area contributed by atoms with Gasteiger partial charge in [0, 0.05) is 12.0 Å². The molecule has 1 aliphatic rings. The molecule has 1 aromatic rings. The van der Waals surface area contributed by atoms with E-state index in [4.69, 9.17) is 0 Å². The third-order valence-electron chi connectivity index (χ3n) is 3.72. The fourth-order valence-electron chi connectivity index (χ4n) is 2.87. The summed E-state index contributed by atoms with van der Waals surface area (Å²) in [5.41, 5.74) is 0.269. The van der Waals surface area contributed by atoms with Crippen LogP contribution in [0.15, 0.2) is 24.3 Å². The zero-order valence-corrected chi connectivity index (χ0v) is 11.3. The summed E-state index contributed by atoms with van der Waals surface area (Å²) in [6.07, 6.45) is -2.34. The van der Waals surface area contributed by atoms with Crippen molar-refractivity contribution in [1.29, 1.82) is 0 Å². The predicted molar refractivity (Wildman–Crippen MR) is 70.0 cm³/mol. The molecule has 0 bridgehead atoms. The normalized spacial score (nSPS) is 24.1. The molecular formula is C15H20F3N. The van der Waals surface area contributed by atoms with Gasteiger partial charge in [0.15, 0.2) is 0 Å². The van der Waals surface area contributed by atoms with Gasteiger partial charge in [-0.3, -0.25) is 0 Å². The molecule has 4 heteroatoms. The maximum atomic E-state index is 12.7. The quantitative estimate of drug-likeness (QED) is 0.869. The molecule has 0 spiro atoms. The Bertz CT molecular complexity index is 426. The number of halogens is 3. The molecule has 1 fully saturated rings. The van der Waals surface area contributed by atoms with Crippen LogP contribution in [0.3, 0.4) is 0 Å². The van der Waals surface area contributed by atoms with Crippen LogP contribution < -0.4 is 5.32 Å². The summed E-state index contributed by atoms with van der Waals surface area (Å²) in [6, 6.07) is 6.08. The van der Waals surface area contributed by atoms with Crippen LogP contribution in [0.2, 0.25) is 0 Å². The molecule has 1 aliphatic heterocycles. The number of hydrogen-bond acceptors (Lipinski definition) is 1. The summed E-state index contributed by atoms with van der Waals surface area (Å²) in [7, 11) is 0. The van der Waals surface area contributed by atoms with Gasteiger partial charge in [-0.1, -0.05) is 32.0 Å². The van der Waals surface area contributed by atoms with Crippen LogP contribution in [0, 0.1) is 5.92 Å². The number of benzene rings is 1. The second kappa shape index (κ2) is 5.53. The molecule has 2 atom stereocenters. The summed E-state index contributed by atoms with van der Waals surface area (Å²) >= 11 is 0. The van der Waals surface area contributed by atoms with E-state index >= 15 is 0 Å². The number of hydrogen-bond donors (Lipinski definition) is 1. The predicted octanol–water partition coefficient (Wildman–Crippen LogP) is 4.20. The lowest BCUT2D eigenvalue weighted by molar-refractivity contribution is -0.137. The molecule has 19 heavy (non-hydrogen) atoms. The molecule has 2 unspecified atom stereocenters. The van der Waals surface area contributed by atoms with Gasteiger partial charge in [-0.15, -0.1) is 0 Å². The number of nitrogens with one attached hydrogen (secondary N) is 1. The van der Waals surface area contributed by atoms with Gasteiger partial charge >= 0.3 is 6.18 Å². The molecule has 0 amide bonds. The van der Waals surface area contributed by atoms with E-state index in [0.29, 0.717) is 12.0 Å². The summed E-state index contributed by atoms with van der Waals surface area (Å²) in [5, 5.41) is 3.41. The average Bonchev–Trinajstić information content (AvgIpc) is 2.75. The first kappa shape index (κ1) is 14.4. The first-order valence-electron chi connectivity index (χ1n) is 6.78. The monoisotopic (exact) mass is 271 g/mol. The maximum Gasteiger partial charge on any atom is 0.416 e. The van der Waals surface area contributed by atoms with E-state index < -0.39 is 11.7 Å². The largest absolute Gasteiger partial charge is 0.416 e. The van der Waals surface area contributed by atoms with Crippen LogP contribution in [-0.2, 0) is 6.18 Å². The lowest BCUT2D eigenvalue weighted by Crippen LogP contribution is -2.27. The number of alkyl halides is 3. The van der Waals surface area contributed by atoms with E-state index in [-0.39, 0.29) is 5.92 Å². The van der Waals surface area contributed by atoms with Crippen molar-refractivity contribution in [2.75, 3.05) is 6.54 Å². The van der Waals surface area contributed by atoms with E-state index in [1.54, 1.807) is 0 Å². The third kappa shape index (κ3) is 3.50. The van der Waals surface area contributed by atoms with E-state index in [2.05, 4.69) is 19.2 Å². The van der Waals surface area contributed by atoms with Gasteiger partial charge in [-0.2, -0.15) is 13.2 Å². The standard InChI is InChI=1S/C15H20F3N/c1-10(2)8-14-13(6-7-19-14)11-4-3-5-12(9-11)15(16,17)18/h3-5,9-10,13-14,19H,6-8H2,1-2H3. The second-order valence-electron chi connectivity index (χ2n) is 5.71. The van der Waals surface area contributed by atoms with Crippen molar-refractivity contribution in [3.63, 3.8) is 0 Å². The van der Waals surface area contributed by atoms with E-state index in [9.17, 15) is 13.2 Å². The van der Waals surface area contributed by atoms with Crippen LogP contribution in [-0.4, -0.2) is 12.6 Å². The molecule has 0 aromatic heterocycles. The van der Waals surface area contributed by atoms with Gasteiger partial charge in [0.05, 0.1) is 5.56 Å². The Kier molecular flexibility index (Phi) is 4.19. The van der Waals surface area contributed by atoms with Gasteiger partial charge in [0.25, 0.3) is 0 Å². The summed E-state index contributed by atoms with van der Waals surface area (Å²) < 4.78 is 38.2. The summed E-state index contributed by atoms with van der Waals surface area (Å²) in [6.45, 7) is 5.17. The molecule has 0 radical (unpaired) electrons. The Balaban J connectivity index is 2.21. The van der Waals surface area contributed by atoms with E-state index in [1.807, 2.05) is 6.07 Å². The minimum absolute atomic E-state index is 0.199. The minimum atomic E-state index is -4.25. The Hall–Kier alpha value is -1.03. The molecular weight excluding hydrogens is 251 g/mol. The molecule has 1 nitrogen and oxygen atoms in total. The first-order valence-corrected chi connectivity index (χ1v) is 6.78. The smallest absolute Gasteiger partial charge is 0.313 e. The van der Waals surface area contributed by atoms with E-state index in [0.717, 1.165) is 31.0 Å². The fraction of sp³-hybridized carbons (Fsp3) is 0.600. The third-order valence-corrected chi connectivity index (χ3v) is 3.72. The maximum absolute atomic E-state index is 12.7. The van der Waals surface area contributed by atoms with Crippen LogP contribution >= 0.6 is 0 Å². The molecule has 0 aliphatic carbocycles. The van der Waals surface area contributed by atoms with Crippen molar-refractivity contribution in [1.82, 2.24) is 5.32 Å². The topological polar surface area (TPSA) is 12.0 Å². The highest BCUT2D eigenvalue weighted by molar-refractivity contribution is 5.30. The Labute approximate surface area is 112 Å². The molecule has 0 saturated carbocycles. The zero-order valence-electron chi connectivity index (χ0n) is 11.3. The Morgan fingerprint density at radius 3 is 2.68 bits per heavy atom. The molecule has 2 rings (SSSR count). The Morgan fingerprint density at radius 2 is 2.05 bits per heavy atom. The van der Waals surface area contributed by atoms with Crippen molar-refractivity contribution < 1.29 is 13.2 Å². The fourth-order valence-corrected chi connectivity index (χ4v) is 2.87. The summed E-state index contributed by atoms with van der Waals surface area (Å²) in [4.78, 5) is 0.